The number of anilines is 1. The van der Waals surface area contributed by atoms with E-state index in [1.54, 1.807) is 31.4 Å². The summed E-state index contributed by atoms with van der Waals surface area (Å²) in [5.41, 5.74) is 1.67. The van der Waals surface area contributed by atoms with Crippen molar-refractivity contribution in [2.24, 2.45) is 0 Å². The van der Waals surface area contributed by atoms with Gasteiger partial charge in [-0.05, 0) is 23.8 Å². The molecule has 0 fully saturated rings. The molecule has 0 heterocycles. The minimum atomic E-state index is -0.818. The van der Waals surface area contributed by atoms with Gasteiger partial charge in [0.25, 0.3) is 0 Å². The zero-order valence-electron chi connectivity index (χ0n) is 11.1. The third-order valence-electron chi connectivity index (χ3n) is 2.75. The zero-order chi connectivity index (χ0) is 14.4. The van der Waals surface area contributed by atoms with Gasteiger partial charge >= 0.3 is 0 Å². The van der Waals surface area contributed by atoms with E-state index in [4.69, 9.17) is 16.3 Å². The quantitative estimate of drug-likeness (QED) is 0.823. The SMILES string of the molecule is COc1ccc(NC(O)/C=C/c2ccccc2)c(Cl)c1. The summed E-state index contributed by atoms with van der Waals surface area (Å²) < 4.78 is 5.07. The van der Waals surface area contributed by atoms with Crippen molar-refractivity contribution in [3.63, 3.8) is 0 Å². The van der Waals surface area contributed by atoms with Crippen molar-refractivity contribution in [2.75, 3.05) is 12.4 Å². The van der Waals surface area contributed by atoms with E-state index < -0.39 is 6.23 Å². The van der Waals surface area contributed by atoms with Crippen LogP contribution in [0.3, 0.4) is 0 Å². The maximum Gasteiger partial charge on any atom is 0.144 e. The van der Waals surface area contributed by atoms with E-state index in [9.17, 15) is 5.11 Å². The number of ether oxygens (including phenoxy) is 1. The number of benzene rings is 2. The van der Waals surface area contributed by atoms with Crippen LogP contribution in [0.15, 0.2) is 54.6 Å². The molecule has 2 aromatic carbocycles. The van der Waals surface area contributed by atoms with E-state index in [1.807, 2.05) is 36.4 Å². The van der Waals surface area contributed by atoms with E-state index in [0.717, 1.165) is 5.56 Å². The van der Waals surface area contributed by atoms with E-state index in [0.29, 0.717) is 16.5 Å². The van der Waals surface area contributed by atoms with Crippen LogP contribution in [0.25, 0.3) is 6.08 Å². The van der Waals surface area contributed by atoms with Crippen LogP contribution in [0, 0.1) is 0 Å². The van der Waals surface area contributed by atoms with Gasteiger partial charge in [-0.2, -0.15) is 0 Å². The molecule has 0 radical (unpaired) electrons. The predicted molar refractivity (Wildman–Crippen MR) is 83.1 cm³/mol. The molecule has 0 bridgehead atoms. The summed E-state index contributed by atoms with van der Waals surface area (Å²) >= 11 is 6.09. The molecule has 1 unspecified atom stereocenters. The molecule has 0 saturated carbocycles. The van der Waals surface area contributed by atoms with Crippen LogP contribution in [-0.4, -0.2) is 18.4 Å². The van der Waals surface area contributed by atoms with Crippen LogP contribution in [0.1, 0.15) is 5.56 Å². The molecular formula is C16H16ClNO2. The first-order valence-corrected chi connectivity index (χ1v) is 6.58. The molecule has 4 heteroatoms. The minimum Gasteiger partial charge on any atom is -0.497 e. The van der Waals surface area contributed by atoms with Gasteiger partial charge in [0.15, 0.2) is 0 Å². The Hall–Kier alpha value is -1.97. The summed E-state index contributed by atoms with van der Waals surface area (Å²) in [4.78, 5) is 0. The highest BCUT2D eigenvalue weighted by Crippen LogP contribution is 2.27. The number of hydrogen-bond donors (Lipinski definition) is 2. The number of methoxy groups -OCH3 is 1. The summed E-state index contributed by atoms with van der Waals surface area (Å²) in [6.45, 7) is 0. The average molecular weight is 290 g/mol. The number of hydrogen-bond acceptors (Lipinski definition) is 3. The Morgan fingerprint density at radius 1 is 1.20 bits per heavy atom. The van der Waals surface area contributed by atoms with Crippen LogP contribution in [0.2, 0.25) is 5.02 Å². The van der Waals surface area contributed by atoms with Crippen molar-refractivity contribution in [3.05, 3.63) is 65.2 Å². The smallest absolute Gasteiger partial charge is 0.144 e. The Bertz CT molecular complexity index is 584. The van der Waals surface area contributed by atoms with Gasteiger partial charge in [0.1, 0.15) is 12.0 Å². The predicted octanol–water partition coefficient (Wildman–Crippen LogP) is 3.79. The van der Waals surface area contributed by atoms with Crippen LogP contribution >= 0.6 is 11.6 Å². The molecule has 0 spiro atoms. The van der Waals surface area contributed by atoms with Crippen molar-refractivity contribution in [1.29, 1.82) is 0 Å². The first-order valence-electron chi connectivity index (χ1n) is 6.20. The van der Waals surface area contributed by atoms with Gasteiger partial charge in [-0.25, -0.2) is 0 Å². The topological polar surface area (TPSA) is 41.5 Å². The fourth-order valence-electron chi connectivity index (χ4n) is 1.71. The van der Waals surface area contributed by atoms with Crippen LogP contribution in [0.5, 0.6) is 5.75 Å². The molecule has 0 aliphatic carbocycles. The Kier molecular flexibility index (Phi) is 5.04. The molecule has 1 atom stereocenters. The second kappa shape index (κ2) is 6.98. The summed E-state index contributed by atoms with van der Waals surface area (Å²) in [5, 5.41) is 13.3. The third-order valence-corrected chi connectivity index (χ3v) is 3.06. The molecule has 2 aromatic rings. The molecule has 0 aliphatic heterocycles. The standard InChI is InChI=1S/C16H16ClNO2/c1-20-13-8-9-15(14(17)11-13)18-16(19)10-7-12-5-3-2-4-6-12/h2-11,16,18-19H,1H3/b10-7+. The average Bonchev–Trinajstić information content (AvgIpc) is 2.48. The highest BCUT2D eigenvalue weighted by molar-refractivity contribution is 6.33. The highest BCUT2D eigenvalue weighted by atomic mass is 35.5. The number of aliphatic hydroxyl groups excluding tert-OH is 1. The molecule has 0 saturated heterocycles. The third kappa shape index (κ3) is 4.02. The second-order valence-corrected chi connectivity index (χ2v) is 4.61. The fraction of sp³-hybridized carbons (Fsp3) is 0.125. The lowest BCUT2D eigenvalue weighted by molar-refractivity contribution is 0.253. The largest absolute Gasteiger partial charge is 0.497 e. The maximum atomic E-state index is 9.93. The first kappa shape index (κ1) is 14.4. The van der Waals surface area contributed by atoms with Crippen LogP contribution < -0.4 is 10.1 Å². The van der Waals surface area contributed by atoms with Gasteiger partial charge in [0.05, 0.1) is 17.8 Å². The van der Waals surface area contributed by atoms with Gasteiger partial charge in [0, 0.05) is 6.07 Å². The first-order chi connectivity index (χ1) is 9.69. The van der Waals surface area contributed by atoms with Gasteiger partial charge in [-0.3, -0.25) is 0 Å². The Labute approximate surface area is 123 Å². The monoisotopic (exact) mass is 289 g/mol. The molecule has 0 aliphatic rings. The van der Waals surface area contributed by atoms with Crippen LogP contribution in [0.4, 0.5) is 5.69 Å². The van der Waals surface area contributed by atoms with E-state index in [-0.39, 0.29) is 0 Å². The minimum absolute atomic E-state index is 0.497. The highest BCUT2D eigenvalue weighted by Gasteiger charge is 2.05. The second-order valence-electron chi connectivity index (χ2n) is 4.20. The van der Waals surface area contributed by atoms with Gasteiger partial charge in [-0.15, -0.1) is 0 Å². The van der Waals surface area contributed by atoms with Crippen molar-refractivity contribution < 1.29 is 9.84 Å². The summed E-state index contributed by atoms with van der Waals surface area (Å²) in [5.74, 6) is 0.676. The summed E-state index contributed by atoms with van der Waals surface area (Å²) in [6, 6.07) is 15.0. The molecule has 3 nitrogen and oxygen atoms in total. The van der Waals surface area contributed by atoms with E-state index in [1.165, 1.54) is 0 Å². The van der Waals surface area contributed by atoms with Crippen molar-refractivity contribution in [3.8, 4) is 5.75 Å². The Morgan fingerprint density at radius 2 is 1.95 bits per heavy atom. The normalized spacial score (nSPS) is 12.3. The van der Waals surface area contributed by atoms with Crippen molar-refractivity contribution in [2.45, 2.75) is 6.23 Å². The number of rotatable bonds is 5. The van der Waals surface area contributed by atoms with Gasteiger partial charge in [0.2, 0.25) is 0 Å². The lowest BCUT2D eigenvalue weighted by Crippen LogP contribution is -2.15. The lowest BCUT2D eigenvalue weighted by Gasteiger charge is -2.12. The maximum absolute atomic E-state index is 9.93. The Balaban J connectivity index is 2.01. The molecule has 0 amide bonds. The molecule has 20 heavy (non-hydrogen) atoms. The number of aliphatic hydroxyl groups is 1. The lowest BCUT2D eigenvalue weighted by atomic mass is 10.2. The summed E-state index contributed by atoms with van der Waals surface area (Å²) in [6.07, 6.45) is 2.69. The number of halogens is 1. The van der Waals surface area contributed by atoms with Crippen molar-refractivity contribution in [1.82, 2.24) is 0 Å². The Morgan fingerprint density at radius 3 is 2.60 bits per heavy atom. The van der Waals surface area contributed by atoms with Gasteiger partial charge < -0.3 is 15.2 Å². The van der Waals surface area contributed by atoms with E-state index in [2.05, 4.69) is 5.32 Å². The molecular weight excluding hydrogens is 274 g/mol. The summed E-state index contributed by atoms with van der Waals surface area (Å²) in [7, 11) is 1.58. The molecule has 2 N–H and O–H groups in total. The van der Waals surface area contributed by atoms with Crippen molar-refractivity contribution >= 4 is 23.4 Å². The van der Waals surface area contributed by atoms with Gasteiger partial charge in [-0.1, -0.05) is 48.0 Å². The zero-order valence-corrected chi connectivity index (χ0v) is 11.8. The molecule has 104 valence electrons. The number of nitrogens with one attached hydrogen (secondary N) is 1. The van der Waals surface area contributed by atoms with Crippen LogP contribution in [-0.2, 0) is 0 Å². The molecule has 2 rings (SSSR count). The molecule has 0 aromatic heterocycles. The fourth-order valence-corrected chi connectivity index (χ4v) is 1.94. The van der Waals surface area contributed by atoms with E-state index >= 15 is 0 Å².